The molecule has 224 valence electrons. The van der Waals surface area contributed by atoms with Gasteiger partial charge in [0.25, 0.3) is 0 Å². The largest absolute Gasteiger partial charge is 0.497 e. The summed E-state index contributed by atoms with van der Waals surface area (Å²) in [6.07, 6.45) is 1.07. The number of benzene rings is 4. The summed E-state index contributed by atoms with van der Waals surface area (Å²) in [6, 6.07) is 31.3. The maximum Gasteiger partial charge on any atom is 0.247 e. The van der Waals surface area contributed by atoms with Crippen molar-refractivity contribution in [3.05, 3.63) is 136 Å². The molecule has 0 radical (unpaired) electrons. The fourth-order valence-electron chi connectivity index (χ4n) is 4.57. The van der Waals surface area contributed by atoms with Crippen LogP contribution in [-0.4, -0.2) is 49.3 Å². The minimum atomic E-state index is -3.78. The Labute approximate surface area is 257 Å². The standard InChI is InChI=1S/C33H34ClN3O5S/c1-42-30-19-15-27(16-20-30)23-37(31(38)24-36(43(2,40)41)22-26-9-5-3-6-10-26)32(28-11-7-4-8-12-28)33(39)35-21-25-13-17-29(34)18-14-25/h3-20,32H,21-24H2,1-2H3,(H,35,39)/t32-/m0/s1. The molecule has 1 N–H and O–H groups in total. The van der Waals surface area contributed by atoms with E-state index in [2.05, 4.69) is 5.32 Å². The normalized spacial score (nSPS) is 12.0. The van der Waals surface area contributed by atoms with Crippen LogP contribution < -0.4 is 10.1 Å². The number of nitrogens with one attached hydrogen (secondary N) is 1. The van der Waals surface area contributed by atoms with Gasteiger partial charge in [-0.15, -0.1) is 0 Å². The van der Waals surface area contributed by atoms with E-state index in [-0.39, 0.29) is 19.6 Å². The highest BCUT2D eigenvalue weighted by molar-refractivity contribution is 7.88. The second kappa shape index (κ2) is 14.8. The zero-order chi connectivity index (χ0) is 30.8. The van der Waals surface area contributed by atoms with E-state index in [1.165, 1.54) is 4.90 Å². The first-order valence-electron chi connectivity index (χ1n) is 13.6. The molecule has 4 rings (SSSR count). The molecule has 2 amide bonds. The Balaban J connectivity index is 1.69. The number of methoxy groups -OCH3 is 1. The Morgan fingerprint density at radius 2 is 1.35 bits per heavy atom. The minimum absolute atomic E-state index is 0.0144. The summed E-state index contributed by atoms with van der Waals surface area (Å²) < 4.78 is 32.1. The van der Waals surface area contributed by atoms with Crippen LogP contribution in [0.1, 0.15) is 28.3 Å². The molecule has 0 bridgehead atoms. The summed E-state index contributed by atoms with van der Waals surface area (Å²) in [7, 11) is -2.21. The second-order valence-electron chi connectivity index (χ2n) is 10.0. The van der Waals surface area contributed by atoms with E-state index in [0.717, 1.165) is 27.3 Å². The van der Waals surface area contributed by atoms with Crippen LogP contribution in [0.15, 0.2) is 109 Å². The first-order chi connectivity index (χ1) is 20.6. The second-order valence-corrected chi connectivity index (χ2v) is 12.5. The van der Waals surface area contributed by atoms with Crippen LogP contribution in [0.2, 0.25) is 5.02 Å². The van der Waals surface area contributed by atoms with Gasteiger partial charge in [-0.05, 0) is 46.5 Å². The van der Waals surface area contributed by atoms with Gasteiger partial charge in [0.2, 0.25) is 21.8 Å². The molecule has 0 aliphatic carbocycles. The molecule has 8 nitrogen and oxygen atoms in total. The quantitative estimate of drug-likeness (QED) is 0.222. The van der Waals surface area contributed by atoms with E-state index in [1.54, 1.807) is 67.8 Å². The van der Waals surface area contributed by atoms with Gasteiger partial charge in [-0.25, -0.2) is 8.42 Å². The summed E-state index contributed by atoms with van der Waals surface area (Å²) in [5.74, 6) is -0.280. The molecule has 0 aliphatic heterocycles. The Kier molecular flexibility index (Phi) is 10.9. The maximum atomic E-state index is 14.1. The Hall–Kier alpha value is -4.18. The number of halogens is 1. The van der Waals surface area contributed by atoms with Gasteiger partial charge in [-0.1, -0.05) is 96.5 Å². The lowest BCUT2D eigenvalue weighted by Gasteiger charge is -2.33. The monoisotopic (exact) mass is 619 g/mol. The lowest BCUT2D eigenvalue weighted by atomic mass is 10.0. The van der Waals surface area contributed by atoms with Crippen LogP contribution in [0.3, 0.4) is 0 Å². The number of carbonyl (C=O) groups excluding carboxylic acids is 2. The molecule has 1 atom stereocenters. The van der Waals surface area contributed by atoms with Gasteiger partial charge in [-0.2, -0.15) is 4.31 Å². The molecule has 43 heavy (non-hydrogen) atoms. The van der Waals surface area contributed by atoms with Crippen molar-refractivity contribution in [1.82, 2.24) is 14.5 Å². The highest BCUT2D eigenvalue weighted by atomic mass is 35.5. The van der Waals surface area contributed by atoms with Gasteiger partial charge >= 0.3 is 0 Å². The summed E-state index contributed by atoms with van der Waals surface area (Å²) >= 11 is 6.02. The predicted octanol–water partition coefficient (Wildman–Crippen LogP) is 5.20. The molecular formula is C33H34ClN3O5S. The van der Waals surface area contributed by atoms with E-state index in [9.17, 15) is 18.0 Å². The molecule has 0 saturated heterocycles. The number of amides is 2. The molecule has 0 spiro atoms. The number of rotatable bonds is 13. The third kappa shape index (κ3) is 9.15. The van der Waals surface area contributed by atoms with Crippen LogP contribution in [0.5, 0.6) is 5.75 Å². The number of sulfonamides is 1. The Morgan fingerprint density at radius 1 is 0.791 bits per heavy atom. The fourth-order valence-corrected chi connectivity index (χ4v) is 5.42. The highest BCUT2D eigenvalue weighted by Crippen LogP contribution is 2.26. The molecule has 0 fully saturated rings. The SMILES string of the molecule is COc1ccc(CN(C(=O)CN(Cc2ccccc2)S(C)(=O)=O)[C@H](C(=O)NCc2ccc(Cl)cc2)c2ccccc2)cc1. The van der Waals surface area contributed by atoms with Crippen molar-refractivity contribution in [3.63, 3.8) is 0 Å². The van der Waals surface area contributed by atoms with Gasteiger partial charge < -0.3 is 15.0 Å². The topological polar surface area (TPSA) is 96.0 Å². The molecule has 0 saturated carbocycles. The zero-order valence-electron chi connectivity index (χ0n) is 24.0. The first kappa shape index (κ1) is 31.7. The highest BCUT2D eigenvalue weighted by Gasteiger charge is 2.33. The summed E-state index contributed by atoms with van der Waals surface area (Å²) in [6.45, 7) is -0.161. The number of hydrogen-bond donors (Lipinski definition) is 1. The van der Waals surface area contributed by atoms with E-state index in [1.807, 2.05) is 48.5 Å². The third-order valence-corrected chi connectivity index (χ3v) is 8.32. The van der Waals surface area contributed by atoms with Crippen molar-refractivity contribution in [2.45, 2.75) is 25.7 Å². The molecule has 0 aromatic heterocycles. The van der Waals surface area contributed by atoms with Gasteiger partial charge in [0.1, 0.15) is 11.8 Å². The van der Waals surface area contributed by atoms with Crippen LogP contribution in [0, 0.1) is 0 Å². The van der Waals surface area contributed by atoms with Crippen molar-refractivity contribution >= 4 is 33.4 Å². The first-order valence-corrected chi connectivity index (χ1v) is 15.8. The zero-order valence-corrected chi connectivity index (χ0v) is 25.6. The number of nitrogens with zero attached hydrogens (tertiary/aromatic N) is 2. The molecule has 0 unspecified atom stereocenters. The fraction of sp³-hybridized carbons (Fsp3) is 0.212. The average molecular weight is 620 g/mol. The van der Waals surface area contributed by atoms with Gasteiger partial charge in [0.15, 0.2) is 0 Å². The molecule has 4 aromatic rings. The van der Waals surface area contributed by atoms with Gasteiger partial charge in [0, 0.05) is 24.7 Å². The summed E-state index contributed by atoms with van der Waals surface area (Å²) in [4.78, 5) is 29.5. The third-order valence-electron chi connectivity index (χ3n) is 6.87. The predicted molar refractivity (Wildman–Crippen MR) is 168 cm³/mol. The number of carbonyl (C=O) groups is 2. The average Bonchev–Trinajstić information content (AvgIpc) is 3.01. The van der Waals surface area contributed by atoms with Crippen LogP contribution in [0.4, 0.5) is 0 Å². The van der Waals surface area contributed by atoms with E-state index < -0.39 is 34.4 Å². The smallest absolute Gasteiger partial charge is 0.247 e. The van der Waals surface area contributed by atoms with Crippen molar-refractivity contribution in [3.8, 4) is 5.75 Å². The Morgan fingerprint density at radius 3 is 1.93 bits per heavy atom. The molecular weight excluding hydrogens is 586 g/mol. The van der Waals surface area contributed by atoms with Crippen LogP contribution in [-0.2, 0) is 39.2 Å². The maximum absolute atomic E-state index is 14.1. The van der Waals surface area contributed by atoms with Crippen molar-refractivity contribution in [2.75, 3.05) is 19.9 Å². The van der Waals surface area contributed by atoms with Crippen molar-refractivity contribution in [2.24, 2.45) is 0 Å². The van der Waals surface area contributed by atoms with Crippen molar-refractivity contribution < 1.29 is 22.7 Å². The molecule has 10 heteroatoms. The Bertz CT molecular complexity index is 1600. The number of hydrogen-bond acceptors (Lipinski definition) is 5. The van der Waals surface area contributed by atoms with E-state index in [0.29, 0.717) is 16.3 Å². The number of ether oxygens (including phenoxy) is 1. The molecule has 0 aliphatic rings. The lowest BCUT2D eigenvalue weighted by Crippen LogP contribution is -2.47. The van der Waals surface area contributed by atoms with Gasteiger partial charge in [0.05, 0.1) is 19.9 Å². The van der Waals surface area contributed by atoms with E-state index >= 15 is 0 Å². The minimum Gasteiger partial charge on any atom is -0.497 e. The molecule has 0 heterocycles. The van der Waals surface area contributed by atoms with Crippen LogP contribution in [0.25, 0.3) is 0 Å². The molecule has 4 aromatic carbocycles. The van der Waals surface area contributed by atoms with Crippen LogP contribution >= 0.6 is 11.6 Å². The van der Waals surface area contributed by atoms with E-state index in [4.69, 9.17) is 16.3 Å². The van der Waals surface area contributed by atoms with Gasteiger partial charge in [-0.3, -0.25) is 9.59 Å². The summed E-state index contributed by atoms with van der Waals surface area (Å²) in [5.41, 5.74) is 2.91. The summed E-state index contributed by atoms with van der Waals surface area (Å²) in [5, 5.41) is 3.53. The van der Waals surface area contributed by atoms with Crippen molar-refractivity contribution in [1.29, 1.82) is 0 Å². The lowest BCUT2D eigenvalue weighted by molar-refractivity contribution is -0.141.